The van der Waals surface area contributed by atoms with Crippen LogP contribution >= 0.6 is 0 Å². The minimum atomic E-state index is -0.757. The van der Waals surface area contributed by atoms with Crippen LogP contribution in [0.15, 0.2) is 42.5 Å². The van der Waals surface area contributed by atoms with Crippen molar-refractivity contribution in [3.05, 3.63) is 70.8 Å². The van der Waals surface area contributed by atoms with Gasteiger partial charge < -0.3 is 5.11 Å². The Morgan fingerprint density at radius 3 is 2.32 bits per heavy atom. The molecule has 100 valence electrons. The molecule has 1 unspecified atom stereocenters. The van der Waals surface area contributed by atoms with E-state index in [2.05, 4.69) is 0 Å². The average Bonchev–Trinajstić information content (AvgIpc) is 2.37. The molecule has 3 heteroatoms. The Hall–Kier alpha value is -1.74. The van der Waals surface area contributed by atoms with Crippen LogP contribution in [0.5, 0.6) is 0 Å². The van der Waals surface area contributed by atoms with Crippen LogP contribution in [-0.4, -0.2) is 5.11 Å². The summed E-state index contributed by atoms with van der Waals surface area (Å²) in [5, 5.41) is 10.1. The quantitative estimate of drug-likeness (QED) is 0.888. The minimum Gasteiger partial charge on any atom is -0.388 e. The van der Waals surface area contributed by atoms with Gasteiger partial charge in [0.05, 0.1) is 6.10 Å². The number of aliphatic hydroxyl groups excluding tert-OH is 1. The van der Waals surface area contributed by atoms with Gasteiger partial charge in [-0.3, -0.25) is 0 Å². The number of halogens is 2. The number of benzene rings is 2. The van der Waals surface area contributed by atoms with Crippen molar-refractivity contribution < 1.29 is 13.9 Å². The zero-order valence-electron chi connectivity index (χ0n) is 10.7. The molecule has 0 radical (unpaired) electrons. The molecule has 0 aliphatic heterocycles. The molecule has 1 atom stereocenters. The summed E-state index contributed by atoms with van der Waals surface area (Å²) in [5.41, 5.74) is 2.35. The first kappa shape index (κ1) is 13.7. The van der Waals surface area contributed by atoms with Crippen LogP contribution in [0.1, 0.15) is 29.7 Å². The molecular weight excluding hydrogens is 246 g/mol. The van der Waals surface area contributed by atoms with Gasteiger partial charge in [0.25, 0.3) is 0 Å². The van der Waals surface area contributed by atoms with Gasteiger partial charge >= 0.3 is 0 Å². The van der Waals surface area contributed by atoms with Crippen molar-refractivity contribution in [3.8, 4) is 0 Å². The molecular formula is C16H16F2O. The first-order chi connectivity index (χ1) is 9.08. The highest BCUT2D eigenvalue weighted by Crippen LogP contribution is 2.20. The molecule has 0 spiro atoms. The van der Waals surface area contributed by atoms with E-state index in [4.69, 9.17) is 0 Å². The van der Waals surface area contributed by atoms with E-state index in [9.17, 15) is 13.9 Å². The monoisotopic (exact) mass is 262 g/mol. The molecule has 0 aromatic heterocycles. The standard InChI is InChI=1S/C16H16F2O/c1-2-11-4-3-5-13(6-11)16(19)9-12-7-14(17)10-15(18)8-12/h3-8,10,16,19H,2,9H2,1H3. The van der Waals surface area contributed by atoms with Crippen LogP contribution in [0.3, 0.4) is 0 Å². The van der Waals surface area contributed by atoms with Gasteiger partial charge in [0.1, 0.15) is 11.6 Å². The molecule has 2 aromatic carbocycles. The lowest BCUT2D eigenvalue weighted by molar-refractivity contribution is 0.178. The number of aliphatic hydroxyl groups is 1. The van der Waals surface area contributed by atoms with E-state index in [1.807, 2.05) is 31.2 Å². The van der Waals surface area contributed by atoms with Crippen molar-refractivity contribution in [2.24, 2.45) is 0 Å². The third-order valence-corrected chi connectivity index (χ3v) is 3.10. The van der Waals surface area contributed by atoms with E-state index in [0.717, 1.165) is 23.6 Å². The lowest BCUT2D eigenvalue weighted by Crippen LogP contribution is -2.03. The fourth-order valence-corrected chi connectivity index (χ4v) is 2.09. The van der Waals surface area contributed by atoms with Crippen LogP contribution < -0.4 is 0 Å². The molecule has 0 aliphatic rings. The maximum Gasteiger partial charge on any atom is 0.126 e. The summed E-state index contributed by atoms with van der Waals surface area (Å²) in [5.74, 6) is -1.24. The second-order valence-corrected chi connectivity index (χ2v) is 4.60. The highest BCUT2D eigenvalue weighted by atomic mass is 19.1. The molecule has 19 heavy (non-hydrogen) atoms. The number of aryl methyl sites for hydroxylation is 1. The Kier molecular flexibility index (Phi) is 4.27. The van der Waals surface area contributed by atoms with Crippen LogP contribution in [0.2, 0.25) is 0 Å². The largest absolute Gasteiger partial charge is 0.388 e. The van der Waals surface area contributed by atoms with E-state index in [1.54, 1.807) is 0 Å². The average molecular weight is 262 g/mol. The second-order valence-electron chi connectivity index (χ2n) is 4.60. The lowest BCUT2D eigenvalue weighted by Gasteiger charge is -2.12. The second kappa shape index (κ2) is 5.93. The Morgan fingerprint density at radius 2 is 1.68 bits per heavy atom. The van der Waals surface area contributed by atoms with Gasteiger partial charge in [-0.1, -0.05) is 31.2 Å². The molecule has 0 saturated heterocycles. The number of hydrogen-bond acceptors (Lipinski definition) is 1. The van der Waals surface area contributed by atoms with Crippen molar-refractivity contribution in [2.45, 2.75) is 25.9 Å². The summed E-state index contributed by atoms with van der Waals surface area (Å²) in [7, 11) is 0. The molecule has 1 N–H and O–H groups in total. The van der Waals surface area contributed by atoms with Crippen LogP contribution in [0.25, 0.3) is 0 Å². The Morgan fingerprint density at radius 1 is 1.00 bits per heavy atom. The topological polar surface area (TPSA) is 20.2 Å². The summed E-state index contributed by atoms with van der Waals surface area (Å²) < 4.78 is 26.2. The molecule has 0 saturated carbocycles. The SMILES string of the molecule is CCc1cccc(C(O)Cc2cc(F)cc(F)c2)c1. The maximum atomic E-state index is 13.1. The summed E-state index contributed by atoms with van der Waals surface area (Å²) in [6.07, 6.45) is 0.324. The van der Waals surface area contributed by atoms with Gasteiger partial charge in [-0.05, 0) is 35.2 Å². The van der Waals surface area contributed by atoms with Gasteiger partial charge in [-0.25, -0.2) is 8.78 Å². The van der Waals surface area contributed by atoms with Crippen molar-refractivity contribution in [3.63, 3.8) is 0 Å². The van der Waals surface area contributed by atoms with Crippen molar-refractivity contribution in [1.29, 1.82) is 0 Å². The van der Waals surface area contributed by atoms with Gasteiger partial charge in [0.15, 0.2) is 0 Å². The van der Waals surface area contributed by atoms with Crippen molar-refractivity contribution >= 4 is 0 Å². The molecule has 0 bridgehead atoms. The summed E-state index contributed by atoms with van der Waals surface area (Å²) >= 11 is 0. The fraction of sp³-hybridized carbons (Fsp3) is 0.250. The summed E-state index contributed by atoms with van der Waals surface area (Å²) in [4.78, 5) is 0. The predicted molar refractivity (Wildman–Crippen MR) is 70.8 cm³/mol. The highest BCUT2D eigenvalue weighted by Gasteiger charge is 2.10. The smallest absolute Gasteiger partial charge is 0.126 e. The van der Waals surface area contributed by atoms with E-state index < -0.39 is 17.7 Å². The third-order valence-electron chi connectivity index (χ3n) is 3.10. The van der Waals surface area contributed by atoms with Crippen molar-refractivity contribution in [1.82, 2.24) is 0 Å². The van der Waals surface area contributed by atoms with Crippen LogP contribution in [0.4, 0.5) is 8.78 Å². The molecule has 0 amide bonds. The van der Waals surface area contributed by atoms with Gasteiger partial charge in [-0.2, -0.15) is 0 Å². The Bertz CT molecular complexity index is 546. The molecule has 0 aliphatic carbocycles. The minimum absolute atomic E-state index is 0.196. The molecule has 1 nitrogen and oxygen atoms in total. The van der Waals surface area contributed by atoms with E-state index in [0.29, 0.717) is 5.56 Å². The highest BCUT2D eigenvalue weighted by molar-refractivity contribution is 5.27. The van der Waals surface area contributed by atoms with Crippen LogP contribution in [-0.2, 0) is 12.8 Å². The van der Waals surface area contributed by atoms with Gasteiger partial charge in [0, 0.05) is 12.5 Å². The first-order valence-electron chi connectivity index (χ1n) is 6.30. The number of hydrogen-bond donors (Lipinski definition) is 1. The van der Waals surface area contributed by atoms with Crippen LogP contribution in [0, 0.1) is 11.6 Å². The third kappa shape index (κ3) is 3.61. The summed E-state index contributed by atoms with van der Waals surface area (Å²) in [6, 6.07) is 10.9. The van der Waals surface area contributed by atoms with Gasteiger partial charge in [-0.15, -0.1) is 0 Å². The molecule has 2 rings (SSSR count). The number of rotatable bonds is 4. The molecule has 2 aromatic rings. The normalized spacial score (nSPS) is 12.4. The Labute approximate surface area is 111 Å². The molecule has 0 fully saturated rings. The van der Waals surface area contributed by atoms with E-state index in [-0.39, 0.29) is 6.42 Å². The van der Waals surface area contributed by atoms with Crippen molar-refractivity contribution in [2.75, 3.05) is 0 Å². The molecule has 0 heterocycles. The zero-order valence-corrected chi connectivity index (χ0v) is 10.7. The Balaban J connectivity index is 2.17. The predicted octanol–water partition coefficient (Wildman–Crippen LogP) is 3.80. The summed E-state index contributed by atoms with van der Waals surface area (Å²) in [6.45, 7) is 2.04. The zero-order chi connectivity index (χ0) is 13.8. The fourth-order valence-electron chi connectivity index (χ4n) is 2.09. The van der Waals surface area contributed by atoms with Gasteiger partial charge in [0.2, 0.25) is 0 Å². The first-order valence-corrected chi connectivity index (χ1v) is 6.30. The maximum absolute atomic E-state index is 13.1. The van der Waals surface area contributed by atoms with E-state index in [1.165, 1.54) is 12.1 Å². The lowest BCUT2D eigenvalue weighted by atomic mass is 9.99. The van der Waals surface area contributed by atoms with E-state index >= 15 is 0 Å².